The SMILES string of the molecule is Cc1nc(NCc2ccc(OCC(F)F)cc2)n(C)n1. The van der Waals surface area contributed by atoms with Crippen molar-refractivity contribution in [2.24, 2.45) is 7.05 Å². The van der Waals surface area contributed by atoms with E-state index in [-0.39, 0.29) is 0 Å². The van der Waals surface area contributed by atoms with Crippen molar-refractivity contribution in [1.29, 1.82) is 0 Å². The number of aryl methyl sites for hydroxylation is 2. The lowest BCUT2D eigenvalue weighted by Crippen LogP contribution is -2.07. The van der Waals surface area contributed by atoms with Crippen molar-refractivity contribution in [2.75, 3.05) is 11.9 Å². The van der Waals surface area contributed by atoms with Gasteiger partial charge in [0.25, 0.3) is 6.43 Å². The van der Waals surface area contributed by atoms with Gasteiger partial charge in [0, 0.05) is 13.6 Å². The molecule has 7 heteroatoms. The third-order valence-corrected chi connectivity index (χ3v) is 2.62. The van der Waals surface area contributed by atoms with Gasteiger partial charge in [-0.05, 0) is 24.6 Å². The molecular weight excluding hydrogens is 266 g/mol. The van der Waals surface area contributed by atoms with Gasteiger partial charge in [0.15, 0.2) is 0 Å². The molecule has 0 aliphatic rings. The summed E-state index contributed by atoms with van der Waals surface area (Å²) in [5.74, 6) is 1.81. The van der Waals surface area contributed by atoms with E-state index in [1.165, 1.54) is 0 Å². The van der Waals surface area contributed by atoms with Crippen LogP contribution in [0.25, 0.3) is 0 Å². The minimum Gasteiger partial charge on any atom is -0.488 e. The predicted molar refractivity (Wildman–Crippen MR) is 71.0 cm³/mol. The first kappa shape index (κ1) is 14.2. The third-order valence-electron chi connectivity index (χ3n) is 2.62. The molecule has 108 valence electrons. The second kappa shape index (κ2) is 6.31. The summed E-state index contributed by atoms with van der Waals surface area (Å²) in [6.45, 7) is 1.80. The Kier molecular flexibility index (Phi) is 4.49. The smallest absolute Gasteiger partial charge is 0.272 e. The van der Waals surface area contributed by atoms with Crippen LogP contribution in [0.2, 0.25) is 0 Å². The number of anilines is 1. The zero-order chi connectivity index (χ0) is 14.5. The van der Waals surface area contributed by atoms with Gasteiger partial charge in [-0.15, -0.1) is 0 Å². The predicted octanol–water partition coefficient (Wildman–Crippen LogP) is 2.38. The molecule has 1 N–H and O–H groups in total. The summed E-state index contributed by atoms with van der Waals surface area (Å²) in [7, 11) is 1.81. The quantitative estimate of drug-likeness (QED) is 0.884. The van der Waals surface area contributed by atoms with Crippen molar-refractivity contribution >= 4 is 5.95 Å². The fraction of sp³-hybridized carbons (Fsp3) is 0.385. The first-order valence-corrected chi connectivity index (χ1v) is 6.16. The van der Waals surface area contributed by atoms with Crippen molar-refractivity contribution in [1.82, 2.24) is 14.8 Å². The van der Waals surface area contributed by atoms with Gasteiger partial charge in [0.05, 0.1) is 0 Å². The molecule has 0 fully saturated rings. The minimum atomic E-state index is -2.46. The maximum atomic E-state index is 12.0. The Bertz CT molecular complexity index is 554. The Balaban J connectivity index is 1.89. The van der Waals surface area contributed by atoms with Crippen LogP contribution in [0, 0.1) is 6.92 Å². The van der Waals surface area contributed by atoms with E-state index in [1.54, 1.807) is 16.8 Å². The summed E-state index contributed by atoms with van der Waals surface area (Å²) in [4.78, 5) is 4.22. The molecule has 20 heavy (non-hydrogen) atoms. The Morgan fingerprint density at radius 2 is 2.00 bits per heavy atom. The van der Waals surface area contributed by atoms with Crippen LogP contribution >= 0.6 is 0 Å². The molecule has 2 aromatic rings. The Morgan fingerprint density at radius 3 is 2.55 bits per heavy atom. The Labute approximate surface area is 115 Å². The van der Waals surface area contributed by atoms with Crippen LogP contribution in [-0.2, 0) is 13.6 Å². The maximum absolute atomic E-state index is 12.0. The van der Waals surface area contributed by atoms with Crippen LogP contribution in [0.15, 0.2) is 24.3 Å². The molecular formula is C13H16F2N4O. The van der Waals surface area contributed by atoms with E-state index in [0.29, 0.717) is 24.1 Å². The van der Waals surface area contributed by atoms with E-state index in [0.717, 1.165) is 5.56 Å². The van der Waals surface area contributed by atoms with Crippen LogP contribution in [0.3, 0.4) is 0 Å². The number of halogens is 2. The number of alkyl halides is 2. The molecule has 1 aromatic heterocycles. The molecule has 0 unspecified atom stereocenters. The number of benzene rings is 1. The monoisotopic (exact) mass is 282 g/mol. The van der Waals surface area contributed by atoms with E-state index < -0.39 is 13.0 Å². The molecule has 1 aromatic carbocycles. The topological polar surface area (TPSA) is 52.0 Å². The lowest BCUT2D eigenvalue weighted by Gasteiger charge is -2.07. The first-order chi connectivity index (χ1) is 9.54. The van der Waals surface area contributed by atoms with Crippen LogP contribution in [0.5, 0.6) is 5.75 Å². The number of nitrogens with one attached hydrogen (secondary N) is 1. The number of hydrogen-bond donors (Lipinski definition) is 1. The van der Waals surface area contributed by atoms with E-state index >= 15 is 0 Å². The third kappa shape index (κ3) is 3.91. The first-order valence-electron chi connectivity index (χ1n) is 6.16. The average molecular weight is 282 g/mol. The molecule has 1 heterocycles. The lowest BCUT2D eigenvalue weighted by atomic mass is 10.2. The van der Waals surface area contributed by atoms with E-state index in [4.69, 9.17) is 4.74 Å². The highest BCUT2D eigenvalue weighted by Gasteiger charge is 2.05. The van der Waals surface area contributed by atoms with E-state index in [9.17, 15) is 8.78 Å². The normalized spacial score (nSPS) is 10.8. The highest BCUT2D eigenvalue weighted by Crippen LogP contribution is 2.14. The molecule has 5 nitrogen and oxygen atoms in total. The highest BCUT2D eigenvalue weighted by atomic mass is 19.3. The zero-order valence-corrected chi connectivity index (χ0v) is 11.3. The average Bonchev–Trinajstić information content (AvgIpc) is 2.73. The molecule has 0 saturated heterocycles. The van der Waals surface area contributed by atoms with Gasteiger partial charge < -0.3 is 10.1 Å². The molecule has 0 spiro atoms. The number of aromatic nitrogens is 3. The summed E-state index contributed by atoms with van der Waals surface area (Å²) < 4.78 is 30.6. The zero-order valence-electron chi connectivity index (χ0n) is 11.3. The fourth-order valence-corrected chi connectivity index (χ4v) is 1.71. The molecule has 0 saturated carbocycles. The van der Waals surface area contributed by atoms with E-state index in [2.05, 4.69) is 15.4 Å². The lowest BCUT2D eigenvalue weighted by molar-refractivity contribution is 0.0819. The number of nitrogens with zero attached hydrogens (tertiary/aromatic N) is 3. The van der Waals surface area contributed by atoms with Crippen LogP contribution < -0.4 is 10.1 Å². The number of ether oxygens (including phenoxy) is 1. The van der Waals surface area contributed by atoms with Crippen LogP contribution in [-0.4, -0.2) is 27.8 Å². The molecule has 0 aliphatic heterocycles. The summed E-state index contributed by atoms with van der Waals surface area (Å²) in [5, 5.41) is 7.28. The summed E-state index contributed by atoms with van der Waals surface area (Å²) in [6.07, 6.45) is -2.46. The molecule has 0 amide bonds. The standard InChI is InChI=1S/C13H16F2N4O/c1-9-17-13(19(2)18-9)16-7-10-3-5-11(6-4-10)20-8-12(14)15/h3-6,12H,7-8H2,1-2H3,(H,16,17,18). The van der Waals surface area contributed by atoms with E-state index in [1.807, 2.05) is 26.1 Å². The van der Waals surface area contributed by atoms with Crippen molar-refractivity contribution in [2.45, 2.75) is 19.9 Å². The molecule has 0 atom stereocenters. The van der Waals surface area contributed by atoms with Crippen molar-refractivity contribution < 1.29 is 13.5 Å². The van der Waals surface area contributed by atoms with Crippen molar-refractivity contribution in [3.05, 3.63) is 35.7 Å². The Hall–Kier alpha value is -2.18. The molecule has 0 radical (unpaired) electrons. The largest absolute Gasteiger partial charge is 0.488 e. The van der Waals surface area contributed by atoms with Crippen molar-refractivity contribution in [3.63, 3.8) is 0 Å². The van der Waals surface area contributed by atoms with Gasteiger partial charge in [-0.25, -0.2) is 13.5 Å². The van der Waals surface area contributed by atoms with Gasteiger partial charge in [-0.3, -0.25) is 0 Å². The van der Waals surface area contributed by atoms with Gasteiger partial charge in [-0.2, -0.15) is 10.1 Å². The van der Waals surface area contributed by atoms with Gasteiger partial charge in [-0.1, -0.05) is 12.1 Å². The highest BCUT2D eigenvalue weighted by molar-refractivity contribution is 5.31. The van der Waals surface area contributed by atoms with Gasteiger partial charge >= 0.3 is 0 Å². The molecule has 0 aliphatic carbocycles. The molecule has 0 bridgehead atoms. The van der Waals surface area contributed by atoms with Gasteiger partial charge in [0.2, 0.25) is 5.95 Å². The maximum Gasteiger partial charge on any atom is 0.272 e. The minimum absolute atomic E-state index is 0.434. The van der Waals surface area contributed by atoms with Crippen LogP contribution in [0.4, 0.5) is 14.7 Å². The summed E-state index contributed by atoms with van der Waals surface area (Å²) in [5.41, 5.74) is 0.995. The van der Waals surface area contributed by atoms with Gasteiger partial charge in [0.1, 0.15) is 18.2 Å². The number of rotatable bonds is 6. The molecule has 2 rings (SSSR count). The Morgan fingerprint density at radius 1 is 1.30 bits per heavy atom. The number of hydrogen-bond acceptors (Lipinski definition) is 4. The van der Waals surface area contributed by atoms with Crippen molar-refractivity contribution in [3.8, 4) is 5.75 Å². The van der Waals surface area contributed by atoms with Crippen LogP contribution in [0.1, 0.15) is 11.4 Å². The second-order valence-corrected chi connectivity index (χ2v) is 4.31. The summed E-state index contributed by atoms with van der Waals surface area (Å²) in [6, 6.07) is 6.97. The summed E-state index contributed by atoms with van der Waals surface area (Å²) >= 11 is 0. The fourth-order valence-electron chi connectivity index (χ4n) is 1.71. The second-order valence-electron chi connectivity index (χ2n) is 4.31.